The molecule has 1 aliphatic heterocycles. The zero-order valence-electron chi connectivity index (χ0n) is 12.0. The van der Waals surface area contributed by atoms with Crippen LogP contribution in [0.15, 0.2) is 24.3 Å². The highest BCUT2D eigenvalue weighted by Crippen LogP contribution is 2.32. The topological polar surface area (TPSA) is 92.9 Å². The average molecular weight is 292 g/mol. The van der Waals surface area contributed by atoms with Crippen molar-refractivity contribution in [2.45, 2.75) is 31.3 Å². The largest absolute Gasteiger partial charge is 0.480 e. The zero-order valence-corrected chi connectivity index (χ0v) is 12.0. The SMILES string of the molecule is COCCCC(N)C(=O)N1c2ccccc2CC1C(=O)O. The van der Waals surface area contributed by atoms with Gasteiger partial charge >= 0.3 is 5.97 Å². The lowest BCUT2D eigenvalue weighted by Gasteiger charge is -2.25. The summed E-state index contributed by atoms with van der Waals surface area (Å²) in [5.74, 6) is -1.35. The standard InChI is InChI=1S/C15H20N2O4/c1-21-8-4-6-11(16)14(18)17-12-7-3-2-5-10(12)9-13(17)15(19)20/h2-3,5,7,11,13H,4,6,8-9,16H2,1H3,(H,19,20). The Hall–Kier alpha value is -1.92. The Kier molecular flexibility index (Phi) is 4.93. The molecule has 0 saturated heterocycles. The summed E-state index contributed by atoms with van der Waals surface area (Å²) in [6.07, 6.45) is 1.45. The van der Waals surface area contributed by atoms with Gasteiger partial charge in [0.1, 0.15) is 6.04 Å². The molecule has 2 rings (SSSR count). The molecule has 6 heteroatoms. The van der Waals surface area contributed by atoms with Crippen LogP contribution in [0.2, 0.25) is 0 Å². The summed E-state index contributed by atoms with van der Waals surface area (Å²) in [6.45, 7) is 0.528. The smallest absolute Gasteiger partial charge is 0.327 e. The van der Waals surface area contributed by atoms with E-state index in [4.69, 9.17) is 10.5 Å². The van der Waals surface area contributed by atoms with Crippen molar-refractivity contribution >= 4 is 17.6 Å². The number of fused-ring (bicyclic) bond motifs is 1. The molecule has 2 unspecified atom stereocenters. The fraction of sp³-hybridized carbons (Fsp3) is 0.467. The summed E-state index contributed by atoms with van der Waals surface area (Å²) in [6, 6.07) is 5.65. The highest BCUT2D eigenvalue weighted by atomic mass is 16.5. The number of nitrogens with two attached hydrogens (primary N) is 1. The molecule has 1 aromatic carbocycles. The van der Waals surface area contributed by atoms with Gasteiger partial charge in [0.25, 0.3) is 0 Å². The molecule has 0 aromatic heterocycles. The summed E-state index contributed by atoms with van der Waals surface area (Å²) in [5.41, 5.74) is 7.43. The van der Waals surface area contributed by atoms with Gasteiger partial charge in [0.05, 0.1) is 6.04 Å². The Morgan fingerprint density at radius 3 is 2.86 bits per heavy atom. The van der Waals surface area contributed by atoms with Gasteiger partial charge in [0, 0.05) is 25.8 Å². The lowest BCUT2D eigenvalue weighted by molar-refractivity contribution is -0.140. The highest BCUT2D eigenvalue weighted by molar-refractivity contribution is 6.04. The van der Waals surface area contributed by atoms with Crippen LogP contribution in [0, 0.1) is 0 Å². The van der Waals surface area contributed by atoms with E-state index in [0.29, 0.717) is 31.6 Å². The van der Waals surface area contributed by atoms with Crippen molar-refractivity contribution in [2.24, 2.45) is 5.73 Å². The zero-order chi connectivity index (χ0) is 15.4. The van der Waals surface area contributed by atoms with Crippen molar-refractivity contribution in [1.29, 1.82) is 0 Å². The molecule has 0 saturated carbocycles. The van der Waals surface area contributed by atoms with Crippen LogP contribution in [0.4, 0.5) is 5.69 Å². The summed E-state index contributed by atoms with van der Waals surface area (Å²) in [7, 11) is 1.59. The maximum absolute atomic E-state index is 12.5. The van der Waals surface area contributed by atoms with Crippen LogP contribution in [0.1, 0.15) is 18.4 Å². The number of ether oxygens (including phenoxy) is 1. The van der Waals surface area contributed by atoms with Gasteiger partial charge in [-0.15, -0.1) is 0 Å². The molecule has 21 heavy (non-hydrogen) atoms. The predicted octanol–water partition coefficient (Wildman–Crippen LogP) is 0.783. The van der Waals surface area contributed by atoms with Crippen molar-refractivity contribution in [2.75, 3.05) is 18.6 Å². The quantitative estimate of drug-likeness (QED) is 0.756. The Morgan fingerprint density at radius 1 is 1.48 bits per heavy atom. The Labute approximate surface area is 123 Å². The van der Waals surface area contributed by atoms with Crippen LogP contribution in [0.25, 0.3) is 0 Å². The third-order valence-electron chi connectivity index (χ3n) is 3.68. The number of amides is 1. The van der Waals surface area contributed by atoms with Gasteiger partial charge in [-0.05, 0) is 24.5 Å². The molecule has 6 nitrogen and oxygen atoms in total. The predicted molar refractivity (Wildman–Crippen MR) is 78.1 cm³/mol. The molecule has 0 radical (unpaired) electrons. The molecule has 2 atom stereocenters. The van der Waals surface area contributed by atoms with Crippen molar-refractivity contribution < 1.29 is 19.4 Å². The summed E-state index contributed by atoms with van der Waals surface area (Å²) >= 11 is 0. The number of aliphatic carboxylic acids is 1. The molecule has 1 amide bonds. The van der Waals surface area contributed by atoms with Gasteiger partial charge in [0.15, 0.2) is 0 Å². The number of carbonyl (C=O) groups is 2. The monoisotopic (exact) mass is 292 g/mol. The molecule has 0 aliphatic carbocycles. The third-order valence-corrected chi connectivity index (χ3v) is 3.68. The lowest BCUT2D eigenvalue weighted by atomic mass is 10.1. The second-order valence-electron chi connectivity index (χ2n) is 5.14. The number of methoxy groups -OCH3 is 1. The van der Waals surface area contributed by atoms with E-state index in [1.165, 1.54) is 4.90 Å². The number of nitrogens with zero attached hydrogens (tertiary/aromatic N) is 1. The van der Waals surface area contributed by atoms with Gasteiger partial charge < -0.3 is 15.6 Å². The molecule has 0 bridgehead atoms. The number of carboxylic acid groups (broad SMARTS) is 1. The molecular formula is C15H20N2O4. The van der Waals surface area contributed by atoms with Crippen LogP contribution in [-0.2, 0) is 20.7 Å². The first-order chi connectivity index (χ1) is 10.1. The van der Waals surface area contributed by atoms with E-state index >= 15 is 0 Å². The summed E-state index contributed by atoms with van der Waals surface area (Å²) < 4.78 is 4.94. The number of hydrogen-bond acceptors (Lipinski definition) is 4. The van der Waals surface area contributed by atoms with E-state index in [-0.39, 0.29) is 5.91 Å². The van der Waals surface area contributed by atoms with Crippen LogP contribution >= 0.6 is 0 Å². The Balaban J connectivity index is 2.18. The van der Waals surface area contributed by atoms with E-state index in [0.717, 1.165) is 5.56 Å². The number of carbonyl (C=O) groups excluding carboxylic acids is 1. The molecule has 0 spiro atoms. The minimum Gasteiger partial charge on any atom is -0.480 e. The minimum absolute atomic E-state index is 0.321. The van der Waals surface area contributed by atoms with Crippen molar-refractivity contribution in [1.82, 2.24) is 0 Å². The van der Waals surface area contributed by atoms with E-state index in [9.17, 15) is 14.7 Å². The van der Waals surface area contributed by atoms with Crippen molar-refractivity contribution in [3.8, 4) is 0 Å². The summed E-state index contributed by atoms with van der Waals surface area (Å²) in [4.78, 5) is 25.3. The van der Waals surface area contributed by atoms with E-state index in [2.05, 4.69) is 0 Å². The Bertz CT molecular complexity index is 532. The van der Waals surface area contributed by atoms with Crippen LogP contribution in [-0.4, -0.2) is 42.8 Å². The van der Waals surface area contributed by atoms with Gasteiger partial charge in [-0.1, -0.05) is 18.2 Å². The van der Waals surface area contributed by atoms with E-state index < -0.39 is 18.1 Å². The molecule has 1 aliphatic rings. The number of anilines is 1. The second kappa shape index (κ2) is 6.69. The fourth-order valence-electron chi connectivity index (χ4n) is 2.61. The summed E-state index contributed by atoms with van der Waals surface area (Å²) in [5, 5.41) is 9.35. The normalized spacial score (nSPS) is 18.4. The minimum atomic E-state index is -1.01. The van der Waals surface area contributed by atoms with E-state index in [1.807, 2.05) is 12.1 Å². The number of hydrogen-bond donors (Lipinski definition) is 2. The van der Waals surface area contributed by atoms with Crippen LogP contribution in [0.5, 0.6) is 0 Å². The first-order valence-electron chi connectivity index (χ1n) is 6.94. The maximum atomic E-state index is 12.5. The Morgan fingerprint density at radius 2 is 2.19 bits per heavy atom. The highest BCUT2D eigenvalue weighted by Gasteiger charge is 2.39. The number of carboxylic acids is 1. The molecular weight excluding hydrogens is 272 g/mol. The lowest BCUT2D eigenvalue weighted by Crippen LogP contribution is -2.50. The van der Waals surface area contributed by atoms with Crippen molar-refractivity contribution in [3.63, 3.8) is 0 Å². The van der Waals surface area contributed by atoms with Gasteiger partial charge in [-0.25, -0.2) is 4.79 Å². The first-order valence-corrected chi connectivity index (χ1v) is 6.94. The van der Waals surface area contributed by atoms with Gasteiger partial charge in [-0.3, -0.25) is 9.69 Å². The molecule has 1 aromatic rings. The number of para-hydroxylation sites is 1. The number of benzene rings is 1. The van der Waals surface area contributed by atoms with Crippen LogP contribution < -0.4 is 10.6 Å². The van der Waals surface area contributed by atoms with E-state index in [1.54, 1.807) is 19.2 Å². The molecule has 0 fully saturated rings. The maximum Gasteiger partial charge on any atom is 0.327 e. The third kappa shape index (κ3) is 3.22. The van der Waals surface area contributed by atoms with Crippen molar-refractivity contribution in [3.05, 3.63) is 29.8 Å². The fourth-order valence-corrected chi connectivity index (χ4v) is 2.61. The van der Waals surface area contributed by atoms with Gasteiger partial charge in [-0.2, -0.15) is 0 Å². The number of rotatable bonds is 6. The second-order valence-corrected chi connectivity index (χ2v) is 5.14. The molecule has 1 heterocycles. The average Bonchev–Trinajstić information content (AvgIpc) is 2.86. The first kappa shape index (κ1) is 15.5. The van der Waals surface area contributed by atoms with Crippen LogP contribution in [0.3, 0.4) is 0 Å². The molecule has 114 valence electrons. The molecule has 3 N–H and O–H groups in total. The van der Waals surface area contributed by atoms with Gasteiger partial charge in [0.2, 0.25) is 5.91 Å².